The van der Waals surface area contributed by atoms with Crippen molar-refractivity contribution in [2.24, 2.45) is 0 Å². The first-order valence-corrected chi connectivity index (χ1v) is 10.2. The summed E-state index contributed by atoms with van der Waals surface area (Å²) in [4.78, 5) is 0. The van der Waals surface area contributed by atoms with Crippen LogP contribution in [0.5, 0.6) is 0 Å². The summed E-state index contributed by atoms with van der Waals surface area (Å²) in [5.74, 6) is 0. The van der Waals surface area contributed by atoms with E-state index < -0.39 is 0 Å². The molecule has 0 bridgehead atoms. The molecule has 0 atom stereocenters. The topological polar surface area (TPSA) is 12.0 Å². The van der Waals surface area contributed by atoms with Crippen LogP contribution in [0.2, 0.25) is 0 Å². The number of benzene rings is 4. The van der Waals surface area contributed by atoms with Crippen molar-refractivity contribution in [2.45, 2.75) is 12.8 Å². The molecule has 0 radical (unpaired) electrons. The highest BCUT2D eigenvalue weighted by atomic mass is 14.9. The first kappa shape index (κ1) is 17.5. The third-order valence-corrected chi connectivity index (χ3v) is 5.54. The van der Waals surface area contributed by atoms with E-state index in [0.717, 1.165) is 24.2 Å². The molecule has 140 valence electrons. The minimum atomic E-state index is 1.09. The summed E-state index contributed by atoms with van der Waals surface area (Å²) in [6.45, 7) is 0. The van der Waals surface area contributed by atoms with Crippen LogP contribution in [0.15, 0.2) is 103 Å². The molecule has 5 rings (SSSR count). The van der Waals surface area contributed by atoms with E-state index in [1.54, 1.807) is 0 Å². The zero-order valence-corrected chi connectivity index (χ0v) is 16.3. The van der Waals surface area contributed by atoms with Gasteiger partial charge in [0.15, 0.2) is 0 Å². The third kappa shape index (κ3) is 3.72. The molecule has 0 amide bonds. The minimum absolute atomic E-state index is 1.09. The van der Waals surface area contributed by atoms with Gasteiger partial charge in [-0.25, -0.2) is 0 Å². The van der Waals surface area contributed by atoms with Crippen LogP contribution < -0.4 is 5.32 Å². The zero-order valence-electron chi connectivity index (χ0n) is 16.3. The van der Waals surface area contributed by atoms with Crippen LogP contribution in [-0.4, -0.2) is 0 Å². The molecule has 0 spiro atoms. The lowest BCUT2D eigenvalue weighted by atomic mass is 9.90. The van der Waals surface area contributed by atoms with E-state index in [0.29, 0.717) is 0 Å². The quantitative estimate of drug-likeness (QED) is 0.386. The number of aryl methyl sites for hydroxylation is 1. The average molecular weight is 373 g/mol. The molecule has 0 fully saturated rings. The van der Waals surface area contributed by atoms with E-state index in [9.17, 15) is 0 Å². The highest BCUT2D eigenvalue weighted by molar-refractivity contribution is 5.79. The van der Waals surface area contributed by atoms with Crippen molar-refractivity contribution in [3.63, 3.8) is 0 Å². The Morgan fingerprint density at radius 3 is 1.93 bits per heavy atom. The summed E-state index contributed by atoms with van der Waals surface area (Å²) in [5.41, 5.74) is 10.1. The summed E-state index contributed by atoms with van der Waals surface area (Å²) in [6.07, 6.45) is 6.83. The fourth-order valence-electron chi connectivity index (χ4n) is 4.00. The molecule has 0 saturated carbocycles. The Morgan fingerprint density at radius 1 is 0.552 bits per heavy atom. The van der Waals surface area contributed by atoms with Gasteiger partial charge in [-0.15, -0.1) is 0 Å². The molecule has 1 aliphatic rings. The van der Waals surface area contributed by atoms with Crippen LogP contribution >= 0.6 is 0 Å². The largest absolute Gasteiger partial charge is 0.356 e. The molecule has 1 aliphatic carbocycles. The summed E-state index contributed by atoms with van der Waals surface area (Å²) < 4.78 is 0. The van der Waals surface area contributed by atoms with Crippen LogP contribution in [0.1, 0.15) is 17.5 Å². The van der Waals surface area contributed by atoms with Crippen molar-refractivity contribution in [1.82, 2.24) is 0 Å². The second kappa shape index (κ2) is 7.81. The molecule has 0 unspecified atom stereocenters. The predicted octanol–water partition coefficient (Wildman–Crippen LogP) is 7.72. The van der Waals surface area contributed by atoms with Crippen LogP contribution in [-0.2, 0) is 6.42 Å². The van der Waals surface area contributed by atoms with E-state index in [1.807, 2.05) is 6.07 Å². The normalized spacial score (nSPS) is 12.4. The molecule has 1 heteroatoms. The molecule has 0 aliphatic heterocycles. The van der Waals surface area contributed by atoms with Gasteiger partial charge in [-0.3, -0.25) is 0 Å². The SMILES string of the molecule is C1=Cc2c(cccc2-c2ccc(Nc3ccc(-c4ccccc4)cc3)cc2)CC1. The maximum Gasteiger partial charge on any atom is 0.0384 e. The Bertz CT molecular complexity index is 1140. The van der Waals surface area contributed by atoms with E-state index in [1.165, 1.54) is 33.4 Å². The van der Waals surface area contributed by atoms with E-state index in [-0.39, 0.29) is 0 Å². The van der Waals surface area contributed by atoms with Gasteiger partial charge in [0.2, 0.25) is 0 Å². The highest BCUT2D eigenvalue weighted by Gasteiger charge is 2.10. The van der Waals surface area contributed by atoms with Gasteiger partial charge in [0.25, 0.3) is 0 Å². The van der Waals surface area contributed by atoms with Gasteiger partial charge in [0.05, 0.1) is 0 Å². The van der Waals surface area contributed by atoms with Crippen molar-refractivity contribution >= 4 is 17.5 Å². The summed E-state index contributed by atoms with van der Waals surface area (Å²) in [6, 6.07) is 34.4. The fourth-order valence-corrected chi connectivity index (χ4v) is 4.00. The number of hydrogen-bond donors (Lipinski definition) is 1. The lowest BCUT2D eigenvalue weighted by Crippen LogP contribution is -1.96. The summed E-state index contributed by atoms with van der Waals surface area (Å²) >= 11 is 0. The Kier molecular flexibility index (Phi) is 4.72. The molecule has 4 aromatic carbocycles. The van der Waals surface area contributed by atoms with E-state index in [4.69, 9.17) is 0 Å². The number of anilines is 2. The van der Waals surface area contributed by atoms with Gasteiger partial charge < -0.3 is 5.32 Å². The molecule has 0 heterocycles. The fraction of sp³-hybridized carbons (Fsp3) is 0.0714. The lowest BCUT2D eigenvalue weighted by Gasteiger charge is -2.15. The van der Waals surface area contributed by atoms with Gasteiger partial charge in [-0.2, -0.15) is 0 Å². The van der Waals surface area contributed by atoms with Crippen molar-refractivity contribution in [2.75, 3.05) is 5.32 Å². The average Bonchev–Trinajstić information content (AvgIpc) is 2.80. The van der Waals surface area contributed by atoms with Crippen molar-refractivity contribution in [3.8, 4) is 22.3 Å². The minimum Gasteiger partial charge on any atom is -0.356 e. The lowest BCUT2D eigenvalue weighted by molar-refractivity contribution is 0.986. The van der Waals surface area contributed by atoms with Gasteiger partial charge >= 0.3 is 0 Å². The Balaban J connectivity index is 1.35. The number of nitrogens with one attached hydrogen (secondary N) is 1. The number of fused-ring (bicyclic) bond motifs is 1. The summed E-state index contributed by atoms with van der Waals surface area (Å²) in [7, 11) is 0. The second-order valence-corrected chi connectivity index (χ2v) is 7.47. The molecular formula is C28H23N. The van der Waals surface area contributed by atoms with Crippen molar-refractivity contribution < 1.29 is 0 Å². The van der Waals surface area contributed by atoms with Crippen LogP contribution in [0, 0.1) is 0 Å². The predicted molar refractivity (Wildman–Crippen MR) is 124 cm³/mol. The maximum absolute atomic E-state index is 3.51. The molecule has 4 aromatic rings. The standard InChI is InChI=1S/C28H23N/c1-2-7-21(8-3-1)22-13-17-25(18-14-22)29-26-19-15-24(16-20-26)28-12-6-10-23-9-4-5-11-27(23)28/h1-3,5-8,10-20,29H,4,9H2. The van der Waals surface area contributed by atoms with Gasteiger partial charge in [-0.05, 0) is 70.5 Å². The Morgan fingerprint density at radius 2 is 1.21 bits per heavy atom. The maximum atomic E-state index is 3.51. The van der Waals surface area contributed by atoms with Gasteiger partial charge in [-0.1, -0.05) is 84.9 Å². The van der Waals surface area contributed by atoms with E-state index >= 15 is 0 Å². The van der Waals surface area contributed by atoms with Crippen LogP contribution in [0.3, 0.4) is 0 Å². The van der Waals surface area contributed by atoms with Crippen molar-refractivity contribution in [3.05, 3.63) is 114 Å². The molecule has 1 N–H and O–H groups in total. The molecular weight excluding hydrogens is 350 g/mol. The first-order chi connectivity index (χ1) is 14.4. The van der Waals surface area contributed by atoms with Crippen LogP contribution in [0.4, 0.5) is 11.4 Å². The second-order valence-electron chi connectivity index (χ2n) is 7.47. The first-order valence-electron chi connectivity index (χ1n) is 10.2. The zero-order chi connectivity index (χ0) is 19.5. The van der Waals surface area contributed by atoms with E-state index in [2.05, 4.69) is 108 Å². The molecule has 1 nitrogen and oxygen atoms in total. The third-order valence-electron chi connectivity index (χ3n) is 5.54. The highest BCUT2D eigenvalue weighted by Crippen LogP contribution is 2.32. The van der Waals surface area contributed by atoms with Crippen molar-refractivity contribution in [1.29, 1.82) is 0 Å². The molecule has 0 saturated heterocycles. The molecule has 0 aromatic heterocycles. The number of rotatable bonds is 4. The van der Waals surface area contributed by atoms with Gasteiger partial charge in [0, 0.05) is 11.4 Å². The van der Waals surface area contributed by atoms with Crippen LogP contribution in [0.25, 0.3) is 28.3 Å². The molecule has 29 heavy (non-hydrogen) atoms. The Hall–Kier alpha value is -3.58. The number of hydrogen-bond acceptors (Lipinski definition) is 1. The summed E-state index contributed by atoms with van der Waals surface area (Å²) in [5, 5.41) is 3.51. The smallest absolute Gasteiger partial charge is 0.0384 e. The Labute approximate surface area is 172 Å². The monoisotopic (exact) mass is 373 g/mol. The number of allylic oxidation sites excluding steroid dienone is 1. The van der Waals surface area contributed by atoms with Gasteiger partial charge in [0.1, 0.15) is 0 Å².